The number of hydrogen-bond acceptors (Lipinski definition) is 1. The van der Waals surface area contributed by atoms with Gasteiger partial charge >= 0.3 is 5.97 Å². The summed E-state index contributed by atoms with van der Waals surface area (Å²) < 4.78 is 0. The number of benzene rings is 1. The summed E-state index contributed by atoms with van der Waals surface area (Å²) in [5.74, 6) is 10.8. The highest BCUT2D eigenvalue weighted by atomic mass is 16.4. The topological polar surface area (TPSA) is 37.3 Å². The smallest absolute Gasteiger partial charge is 0.335 e. The Kier molecular flexibility index (Phi) is 12.7. The van der Waals surface area contributed by atoms with E-state index in [-0.39, 0.29) is 5.56 Å². The van der Waals surface area contributed by atoms with Crippen molar-refractivity contribution < 1.29 is 9.90 Å². The van der Waals surface area contributed by atoms with Gasteiger partial charge in [0.2, 0.25) is 0 Å². The average Bonchev–Trinajstić information content (AvgIpc) is 2.65. The Morgan fingerprint density at radius 1 is 0.808 bits per heavy atom. The fourth-order valence-corrected chi connectivity index (χ4v) is 2.78. The van der Waals surface area contributed by atoms with Gasteiger partial charge in [-0.05, 0) is 42.5 Å². The zero-order valence-electron chi connectivity index (χ0n) is 16.2. The third-order valence-electron chi connectivity index (χ3n) is 4.39. The van der Waals surface area contributed by atoms with Gasteiger partial charge in [0.1, 0.15) is 0 Å². The molecule has 2 heteroatoms. The molecule has 0 atom stereocenters. The van der Waals surface area contributed by atoms with E-state index in [0.717, 1.165) is 18.4 Å². The van der Waals surface area contributed by atoms with Crippen molar-refractivity contribution in [2.24, 2.45) is 0 Å². The van der Waals surface area contributed by atoms with Crippen molar-refractivity contribution in [1.82, 2.24) is 0 Å². The molecule has 0 unspecified atom stereocenters. The van der Waals surface area contributed by atoms with Crippen molar-refractivity contribution in [3.63, 3.8) is 0 Å². The van der Waals surface area contributed by atoms with Crippen LogP contribution in [0.4, 0.5) is 0 Å². The highest BCUT2D eigenvalue weighted by molar-refractivity contribution is 5.87. The molecule has 0 aliphatic heterocycles. The molecule has 0 amide bonds. The first-order valence-corrected chi connectivity index (χ1v) is 10.1. The van der Waals surface area contributed by atoms with Crippen molar-refractivity contribution in [3.05, 3.63) is 35.4 Å². The predicted octanol–water partition coefficient (Wildman–Crippen LogP) is 6.44. The Balaban J connectivity index is 2.02. The van der Waals surface area contributed by atoms with Gasteiger partial charge in [-0.1, -0.05) is 83.0 Å². The summed E-state index contributed by atoms with van der Waals surface area (Å²) in [6.07, 6.45) is 15.7. The summed E-state index contributed by atoms with van der Waals surface area (Å²) >= 11 is 0. The van der Waals surface area contributed by atoms with Crippen LogP contribution in [0.3, 0.4) is 0 Å². The summed E-state index contributed by atoms with van der Waals surface area (Å²) in [6.45, 7) is 2.26. The Labute approximate surface area is 159 Å². The molecule has 0 saturated carbocycles. The van der Waals surface area contributed by atoms with Gasteiger partial charge in [0.25, 0.3) is 0 Å². The second-order valence-corrected chi connectivity index (χ2v) is 6.72. The van der Waals surface area contributed by atoms with Gasteiger partial charge in [0.05, 0.1) is 5.56 Å². The van der Waals surface area contributed by atoms with Crippen LogP contribution in [-0.4, -0.2) is 11.1 Å². The molecular formula is C24H32O2. The maximum absolute atomic E-state index is 10.8. The lowest BCUT2D eigenvalue weighted by Crippen LogP contribution is -1.94. The van der Waals surface area contributed by atoms with E-state index in [1.165, 1.54) is 64.2 Å². The van der Waals surface area contributed by atoms with Crippen LogP contribution in [0, 0.1) is 23.7 Å². The standard InChI is InChI=1S/C24H32O2/c1-2-3-4-5-6-7-8-9-10-11-12-13-14-15-16-17-22-18-20-23(21-19-22)24(25)26/h18-21H,2-13H2,1H3,(H,25,26). The molecular weight excluding hydrogens is 320 g/mol. The zero-order valence-corrected chi connectivity index (χ0v) is 16.2. The Morgan fingerprint density at radius 2 is 1.35 bits per heavy atom. The van der Waals surface area contributed by atoms with E-state index in [2.05, 4.69) is 30.6 Å². The Morgan fingerprint density at radius 3 is 1.88 bits per heavy atom. The summed E-state index contributed by atoms with van der Waals surface area (Å²) in [5, 5.41) is 8.83. The maximum Gasteiger partial charge on any atom is 0.335 e. The second kappa shape index (κ2) is 15.1. The summed E-state index contributed by atoms with van der Waals surface area (Å²) in [7, 11) is 0. The van der Waals surface area contributed by atoms with E-state index in [1.54, 1.807) is 24.3 Å². The first kappa shape index (κ1) is 21.9. The van der Waals surface area contributed by atoms with Crippen LogP contribution in [0.1, 0.15) is 99.9 Å². The Bertz CT molecular complexity index is 620. The molecule has 0 heterocycles. The number of carbonyl (C=O) groups is 1. The number of carboxylic acids is 1. The van der Waals surface area contributed by atoms with Crippen LogP contribution >= 0.6 is 0 Å². The second-order valence-electron chi connectivity index (χ2n) is 6.72. The largest absolute Gasteiger partial charge is 0.478 e. The van der Waals surface area contributed by atoms with Crippen LogP contribution in [0.25, 0.3) is 0 Å². The van der Waals surface area contributed by atoms with Gasteiger partial charge in [0.15, 0.2) is 0 Å². The fraction of sp³-hybridized carbons (Fsp3) is 0.542. The molecule has 1 aromatic carbocycles. The minimum Gasteiger partial charge on any atom is -0.478 e. The van der Waals surface area contributed by atoms with Crippen molar-refractivity contribution in [1.29, 1.82) is 0 Å². The Hall–Kier alpha value is -2.19. The molecule has 0 fully saturated rings. The lowest BCUT2D eigenvalue weighted by Gasteiger charge is -2.01. The van der Waals surface area contributed by atoms with Crippen LogP contribution < -0.4 is 0 Å². The van der Waals surface area contributed by atoms with Gasteiger partial charge in [-0.25, -0.2) is 4.79 Å². The van der Waals surface area contributed by atoms with E-state index < -0.39 is 5.97 Å². The molecule has 1 N–H and O–H groups in total. The highest BCUT2D eigenvalue weighted by Crippen LogP contribution is 2.11. The van der Waals surface area contributed by atoms with Gasteiger partial charge in [0, 0.05) is 12.0 Å². The molecule has 1 aromatic rings. The number of aromatic carboxylic acids is 1. The first-order valence-electron chi connectivity index (χ1n) is 10.1. The van der Waals surface area contributed by atoms with E-state index in [4.69, 9.17) is 5.11 Å². The molecule has 0 aliphatic carbocycles. The number of hydrogen-bond donors (Lipinski definition) is 1. The van der Waals surface area contributed by atoms with Gasteiger partial charge in [-0.3, -0.25) is 0 Å². The molecule has 2 nitrogen and oxygen atoms in total. The molecule has 140 valence electrons. The molecule has 0 aliphatic rings. The predicted molar refractivity (Wildman–Crippen MR) is 109 cm³/mol. The van der Waals surface area contributed by atoms with Gasteiger partial charge < -0.3 is 5.11 Å². The van der Waals surface area contributed by atoms with Gasteiger partial charge in [-0.2, -0.15) is 0 Å². The van der Waals surface area contributed by atoms with E-state index in [0.29, 0.717) is 0 Å². The molecule has 0 aromatic heterocycles. The molecule has 1 rings (SSSR count). The first-order chi connectivity index (χ1) is 12.7. The average molecular weight is 353 g/mol. The lowest BCUT2D eigenvalue weighted by atomic mass is 10.1. The molecule has 26 heavy (non-hydrogen) atoms. The minimum absolute atomic E-state index is 0.276. The quantitative estimate of drug-likeness (QED) is 0.347. The minimum atomic E-state index is -0.920. The molecule has 0 radical (unpaired) electrons. The van der Waals surface area contributed by atoms with Crippen molar-refractivity contribution in [2.75, 3.05) is 0 Å². The van der Waals surface area contributed by atoms with Crippen LogP contribution in [-0.2, 0) is 0 Å². The lowest BCUT2D eigenvalue weighted by molar-refractivity contribution is 0.0697. The van der Waals surface area contributed by atoms with Crippen LogP contribution in [0.5, 0.6) is 0 Å². The van der Waals surface area contributed by atoms with Crippen LogP contribution in [0.15, 0.2) is 24.3 Å². The molecule has 0 bridgehead atoms. The zero-order chi connectivity index (χ0) is 18.9. The monoisotopic (exact) mass is 352 g/mol. The summed E-state index contributed by atoms with van der Waals surface area (Å²) in [4.78, 5) is 10.8. The summed E-state index contributed by atoms with van der Waals surface area (Å²) in [6, 6.07) is 6.54. The maximum atomic E-state index is 10.8. The molecule has 0 spiro atoms. The summed E-state index contributed by atoms with van der Waals surface area (Å²) in [5.41, 5.74) is 1.07. The van der Waals surface area contributed by atoms with Crippen molar-refractivity contribution >= 4 is 5.97 Å². The van der Waals surface area contributed by atoms with Crippen molar-refractivity contribution in [2.45, 2.75) is 84.0 Å². The SMILES string of the molecule is CCCCCCCCCCCCCC#CC#Cc1ccc(C(=O)O)cc1. The number of carboxylic acid groups (broad SMARTS) is 1. The van der Waals surface area contributed by atoms with E-state index in [9.17, 15) is 4.79 Å². The van der Waals surface area contributed by atoms with Crippen LogP contribution in [0.2, 0.25) is 0 Å². The normalized spacial score (nSPS) is 9.73. The number of unbranched alkanes of at least 4 members (excludes halogenated alkanes) is 11. The van der Waals surface area contributed by atoms with Crippen molar-refractivity contribution in [3.8, 4) is 23.7 Å². The third-order valence-corrected chi connectivity index (χ3v) is 4.39. The number of rotatable bonds is 12. The third kappa shape index (κ3) is 11.4. The van der Waals surface area contributed by atoms with E-state index >= 15 is 0 Å². The van der Waals surface area contributed by atoms with E-state index in [1.807, 2.05) is 0 Å². The highest BCUT2D eigenvalue weighted by Gasteiger charge is 1.99. The van der Waals surface area contributed by atoms with Gasteiger partial charge in [-0.15, -0.1) is 0 Å². The molecule has 0 saturated heterocycles. The fourth-order valence-electron chi connectivity index (χ4n) is 2.78.